The largest absolute Gasteiger partial charge is 0.337 e. The summed E-state index contributed by atoms with van der Waals surface area (Å²) in [5, 5.41) is 0. The lowest BCUT2D eigenvalue weighted by atomic mass is 10.1. The van der Waals surface area contributed by atoms with Crippen molar-refractivity contribution in [3.63, 3.8) is 0 Å². The second-order valence-corrected chi connectivity index (χ2v) is 5.47. The van der Waals surface area contributed by atoms with Crippen molar-refractivity contribution in [3.8, 4) is 0 Å². The fraction of sp³-hybridized carbons (Fsp3) is 0.500. The van der Waals surface area contributed by atoms with E-state index in [1.807, 2.05) is 13.2 Å². The summed E-state index contributed by atoms with van der Waals surface area (Å²) in [6.45, 7) is 2.55. The average molecular weight is 302 g/mol. The maximum atomic E-state index is 13.2. The van der Waals surface area contributed by atoms with Crippen LogP contribution in [0.25, 0.3) is 0 Å². The van der Waals surface area contributed by atoms with Crippen molar-refractivity contribution in [2.45, 2.75) is 25.9 Å². The number of halogens is 2. The third-order valence-electron chi connectivity index (χ3n) is 3.00. The van der Waals surface area contributed by atoms with Crippen LogP contribution in [-0.2, 0) is 11.3 Å². The zero-order chi connectivity index (χ0) is 15.1. The Hall–Kier alpha value is -1.14. The number of thioether (sulfide) groups is 1. The maximum absolute atomic E-state index is 13.2. The highest BCUT2D eigenvalue weighted by molar-refractivity contribution is 7.98. The molecule has 0 aliphatic rings. The zero-order valence-corrected chi connectivity index (χ0v) is 12.6. The Morgan fingerprint density at radius 1 is 1.40 bits per heavy atom. The molecule has 0 spiro atoms. The molecule has 0 saturated carbocycles. The minimum Gasteiger partial charge on any atom is -0.337 e. The number of nitrogens with two attached hydrogens (primary N) is 1. The van der Waals surface area contributed by atoms with Gasteiger partial charge in [-0.25, -0.2) is 8.78 Å². The van der Waals surface area contributed by atoms with Gasteiger partial charge in [0.2, 0.25) is 5.91 Å². The van der Waals surface area contributed by atoms with E-state index in [0.717, 1.165) is 17.9 Å². The van der Waals surface area contributed by atoms with Gasteiger partial charge in [0.15, 0.2) is 11.6 Å². The van der Waals surface area contributed by atoms with Crippen LogP contribution in [0.1, 0.15) is 18.9 Å². The fourth-order valence-corrected chi connectivity index (χ4v) is 2.30. The summed E-state index contributed by atoms with van der Waals surface area (Å²) in [7, 11) is 0. The van der Waals surface area contributed by atoms with E-state index < -0.39 is 17.7 Å². The quantitative estimate of drug-likeness (QED) is 0.841. The number of amides is 1. The van der Waals surface area contributed by atoms with E-state index in [0.29, 0.717) is 18.5 Å². The van der Waals surface area contributed by atoms with Crippen LogP contribution in [0, 0.1) is 11.6 Å². The van der Waals surface area contributed by atoms with Gasteiger partial charge in [0.25, 0.3) is 0 Å². The molecule has 0 aromatic heterocycles. The smallest absolute Gasteiger partial charge is 0.239 e. The van der Waals surface area contributed by atoms with Crippen LogP contribution in [0.2, 0.25) is 0 Å². The Balaban J connectivity index is 2.70. The first-order valence-corrected chi connectivity index (χ1v) is 7.86. The second-order valence-electron chi connectivity index (χ2n) is 4.49. The van der Waals surface area contributed by atoms with Crippen LogP contribution >= 0.6 is 11.8 Å². The van der Waals surface area contributed by atoms with E-state index in [2.05, 4.69) is 0 Å². The van der Waals surface area contributed by atoms with Crippen LogP contribution in [0.3, 0.4) is 0 Å². The number of carbonyl (C=O) groups excluding carboxylic acids is 1. The zero-order valence-electron chi connectivity index (χ0n) is 11.7. The molecule has 1 amide bonds. The van der Waals surface area contributed by atoms with E-state index in [9.17, 15) is 13.6 Å². The molecule has 0 heterocycles. The molecule has 0 fully saturated rings. The summed E-state index contributed by atoms with van der Waals surface area (Å²) in [4.78, 5) is 13.7. The third-order valence-corrected chi connectivity index (χ3v) is 3.64. The second kappa shape index (κ2) is 8.21. The summed E-state index contributed by atoms with van der Waals surface area (Å²) in [6, 6.07) is 3.10. The lowest BCUT2D eigenvalue weighted by molar-refractivity contribution is -0.133. The van der Waals surface area contributed by atoms with Gasteiger partial charge in [-0.2, -0.15) is 11.8 Å². The Morgan fingerprint density at radius 2 is 2.10 bits per heavy atom. The van der Waals surface area contributed by atoms with E-state index in [1.165, 1.54) is 6.07 Å². The Bertz CT molecular complexity index is 457. The molecule has 1 aromatic rings. The number of hydrogen-bond donors (Lipinski definition) is 1. The topological polar surface area (TPSA) is 46.3 Å². The number of rotatable bonds is 7. The van der Waals surface area contributed by atoms with Crippen molar-refractivity contribution >= 4 is 17.7 Å². The van der Waals surface area contributed by atoms with E-state index >= 15 is 0 Å². The van der Waals surface area contributed by atoms with Crippen LogP contribution in [0.4, 0.5) is 8.78 Å². The average Bonchev–Trinajstić information content (AvgIpc) is 2.45. The number of likely N-dealkylation sites (N-methyl/N-ethyl adjacent to an activating group) is 1. The van der Waals surface area contributed by atoms with E-state index in [1.54, 1.807) is 16.7 Å². The molecule has 1 atom stereocenters. The normalized spacial score (nSPS) is 12.2. The first kappa shape index (κ1) is 16.9. The van der Waals surface area contributed by atoms with Gasteiger partial charge in [0.1, 0.15) is 0 Å². The van der Waals surface area contributed by atoms with Crippen molar-refractivity contribution in [1.29, 1.82) is 0 Å². The monoisotopic (exact) mass is 302 g/mol. The number of benzene rings is 1. The first-order chi connectivity index (χ1) is 9.49. The van der Waals surface area contributed by atoms with Gasteiger partial charge in [0, 0.05) is 13.1 Å². The Labute approximate surface area is 122 Å². The molecule has 1 aromatic carbocycles. The van der Waals surface area contributed by atoms with Crippen LogP contribution in [-0.4, -0.2) is 35.4 Å². The van der Waals surface area contributed by atoms with Crippen LogP contribution in [0.5, 0.6) is 0 Å². The summed E-state index contributed by atoms with van der Waals surface area (Å²) >= 11 is 1.63. The number of carbonyl (C=O) groups is 1. The molecule has 0 saturated heterocycles. The van der Waals surface area contributed by atoms with Crippen LogP contribution < -0.4 is 5.73 Å². The number of hydrogen-bond acceptors (Lipinski definition) is 3. The van der Waals surface area contributed by atoms with Crippen molar-refractivity contribution < 1.29 is 13.6 Å². The van der Waals surface area contributed by atoms with Gasteiger partial charge in [-0.3, -0.25) is 4.79 Å². The summed E-state index contributed by atoms with van der Waals surface area (Å²) in [6.07, 6.45) is 2.56. The molecule has 6 heteroatoms. The number of nitrogens with zero attached hydrogens (tertiary/aromatic N) is 1. The minimum atomic E-state index is -0.905. The van der Waals surface area contributed by atoms with Gasteiger partial charge >= 0.3 is 0 Å². The van der Waals surface area contributed by atoms with Crippen molar-refractivity contribution in [2.24, 2.45) is 5.73 Å². The van der Waals surface area contributed by atoms with Gasteiger partial charge < -0.3 is 10.6 Å². The molecular formula is C14H20F2N2OS. The minimum absolute atomic E-state index is 0.161. The maximum Gasteiger partial charge on any atom is 0.239 e. The van der Waals surface area contributed by atoms with E-state index in [4.69, 9.17) is 5.73 Å². The lowest BCUT2D eigenvalue weighted by Crippen LogP contribution is -2.43. The molecule has 0 aliphatic heterocycles. The van der Waals surface area contributed by atoms with E-state index in [-0.39, 0.29) is 12.5 Å². The molecule has 3 nitrogen and oxygen atoms in total. The molecule has 20 heavy (non-hydrogen) atoms. The molecule has 0 bridgehead atoms. The van der Waals surface area contributed by atoms with Gasteiger partial charge in [-0.1, -0.05) is 6.07 Å². The van der Waals surface area contributed by atoms with Crippen molar-refractivity contribution in [2.75, 3.05) is 18.6 Å². The Morgan fingerprint density at radius 3 is 2.65 bits per heavy atom. The SMILES string of the molecule is CCN(Cc1ccc(F)c(F)c1)C(=O)[C@@H](N)CCSC. The van der Waals surface area contributed by atoms with Gasteiger partial charge in [-0.05, 0) is 43.0 Å². The van der Waals surface area contributed by atoms with Gasteiger partial charge in [-0.15, -0.1) is 0 Å². The van der Waals surface area contributed by atoms with Crippen LogP contribution in [0.15, 0.2) is 18.2 Å². The predicted octanol–water partition coefficient (Wildman–Crippen LogP) is 2.39. The molecule has 0 aliphatic carbocycles. The van der Waals surface area contributed by atoms with Crippen molar-refractivity contribution in [3.05, 3.63) is 35.4 Å². The Kier molecular flexibility index (Phi) is 6.95. The lowest BCUT2D eigenvalue weighted by Gasteiger charge is -2.24. The molecule has 0 unspecified atom stereocenters. The molecule has 0 radical (unpaired) electrons. The predicted molar refractivity (Wildman–Crippen MR) is 78.4 cm³/mol. The highest BCUT2D eigenvalue weighted by Gasteiger charge is 2.20. The molecule has 1 rings (SSSR count). The highest BCUT2D eigenvalue weighted by Crippen LogP contribution is 2.12. The summed E-state index contributed by atoms with van der Waals surface area (Å²) in [5.74, 6) is -1.14. The highest BCUT2D eigenvalue weighted by atomic mass is 32.2. The fourth-order valence-electron chi connectivity index (χ4n) is 1.81. The molecule has 2 N–H and O–H groups in total. The van der Waals surface area contributed by atoms with Gasteiger partial charge in [0.05, 0.1) is 6.04 Å². The summed E-state index contributed by atoms with van der Waals surface area (Å²) in [5.41, 5.74) is 6.40. The standard InChI is InChI=1S/C14H20F2N2OS/c1-3-18(14(19)13(17)6-7-20-2)9-10-4-5-11(15)12(16)8-10/h4-5,8,13H,3,6-7,9,17H2,1-2H3/t13-/m0/s1. The van der Waals surface area contributed by atoms with Crippen molar-refractivity contribution in [1.82, 2.24) is 4.90 Å². The molecule has 112 valence electrons. The molecular weight excluding hydrogens is 282 g/mol. The first-order valence-electron chi connectivity index (χ1n) is 6.46. The third kappa shape index (κ3) is 4.76. The summed E-state index contributed by atoms with van der Waals surface area (Å²) < 4.78 is 26.0.